The van der Waals surface area contributed by atoms with Crippen molar-refractivity contribution in [3.05, 3.63) is 23.7 Å². The fraction of sp³-hybridized carbons (Fsp3) is 0.562. The van der Waals surface area contributed by atoms with E-state index >= 15 is 0 Å². The minimum Gasteiger partial charge on any atom is -0.298 e. The van der Waals surface area contributed by atoms with Crippen LogP contribution in [0.25, 0.3) is 11.3 Å². The van der Waals surface area contributed by atoms with Gasteiger partial charge in [-0.1, -0.05) is 25.7 Å². The van der Waals surface area contributed by atoms with Crippen LogP contribution >= 0.6 is 0 Å². The molecule has 0 N–H and O–H groups in total. The maximum absolute atomic E-state index is 11.4. The summed E-state index contributed by atoms with van der Waals surface area (Å²) in [5.74, 6) is 0. The molecule has 0 bridgehead atoms. The lowest BCUT2D eigenvalue weighted by Gasteiger charge is -2.14. The normalized spacial score (nSPS) is 16.9. The van der Waals surface area contributed by atoms with Crippen LogP contribution in [-0.4, -0.2) is 25.8 Å². The molecule has 2 heterocycles. The smallest absolute Gasteiger partial charge is 0.153 e. The monoisotopic (exact) mass is 286 g/mol. The van der Waals surface area contributed by atoms with Crippen LogP contribution < -0.4 is 0 Å². The lowest BCUT2D eigenvalue weighted by Crippen LogP contribution is -2.08. The zero-order valence-electron chi connectivity index (χ0n) is 12.7. The van der Waals surface area contributed by atoms with Crippen molar-refractivity contribution in [3.63, 3.8) is 0 Å². The molecule has 1 saturated carbocycles. The van der Waals surface area contributed by atoms with Crippen LogP contribution in [0, 0.1) is 6.92 Å². The van der Waals surface area contributed by atoms with Gasteiger partial charge in [0.25, 0.3) is 0 Å². The fourth-order valence-electron chi connectivity index (χ4n) is 3.24. The van der Waals surface area contributed by atoms with E-state index in [0.29, 0.717) is 11.6 Å². The Labute approximate surface area is 125 Å². The number of aryl methyl sites for hydroxylation is 2. The molecule has 0 amide bonds. The minimum absolute atomic E-state index is 0.428. The van der Waals surface area contributed by atoms with Crippen molar-refractivity contribution >= 4 is 6.29 Å². The summed E-state index contributed by atoms with van der Waals surface area (Å²) >= 11 is 0. The molecule has 1 aliphatic carbocycles. The van der Waals surface area contributed by atoms with Gasteiger partial charge in [0, 0.05) is 25.0 Å². The average molecular weight is 286 g/mol. The summed E-state index contributed by atoms with van der Waals surface area (Å²) in [7, 11) is 1.89. The summed E-state index contributed by atoms with van der Waals surface area (Å²) in [6.45, 7) is 1.95. The number of aromatic nitrogens is 4. The van der Waals surface area contributed by atoms with Gasteiger partial charge < -0.3 is 0 Å². The Morgan fingerprint density at radius 2 is 1.86 bits per heavy atom. The molecule has 0 unspecified atom stereocenters. The quantitative estimate of drug-likeness (QED) is 0.642. The minimum atomic E-state index is 0.428. The first-order valence-corrected chi connectivity index (χ1v) is 7.74. The Morgan fingerprint density at radius 1 is 1.14 bits per heavy atom. The zero-order chi connectivity index (χ0) is 14.8. The van der Waals surface area contributed by atoms with E-state index in [9.17, 15) is 4.79 Å². The molecule has 3 rings (SSSR count). The number of hydrogen-bond acceptors (Lipinski definition) is 3. The first-order valence-electron chi connectivity index (χ1n) is 7.74. The maximum Gasteiger partial charge on any atom is 0.153 e. The number of carbonyl (C=O) groups is 1. The van der Waals surface area contributed by atoms with Crippen LogP contribution in [0.1, 0.15) is 60.6 Å². The number of nitrogens with zero attached hydrogens (tertiary/aromatic N) is 4. The lowest BCUT2D eigenvalue weighted by atomic mass is 10.1. The molecule has 0 aliphatic heterocycles. The highest BCUT2D eigenvalue weighted by Gasteiger charge is 2.20. The number of carbonyl (C=O) groups excluding carboxylic acids is 1. The average Bonchev–Trinajstić information content (AvgIpc) is 2.91. The molecule has 112 valence electrons. The van der Waals surface area contributed by atoms with Crippen LogP contribution in [0.3, 0.4) is 0 Å². The van der Waals surface area contributed by atoms with E-state index < -0.39 is 0 Å². The van der Waals surface area contributed by atoms with Crippen LogP contribution in [0.2, 0.25) is 0 Å². The van der Waals surface area contributed by atoms with Gasteiger partial charge in [0.1, 0.15) is 5.69 Å². The molecule has 0 radical (unpaired) electrons. The van der Waals surface area contributed by atoms with Crippen molar-refractivity contribution in [1.82, 2.24) is 19.6 Å². The molecule has 5 nitrogen and oxygen atoms in total. The summed E-state index contributed by atoms with van der Waals surface area (Å²) in [4.78, 5) is 11.4. The molecule has 0 aromatic carbocycles. The largest absolute Gasteiger partial charge is 0.298 e. The standard InChI is InChI=1S/C16H22N4O/c1-12-15(10-19(2)17-12)16-13(11-21)9-20(18-16)14-7-5-3-4-6-8-14/h9-11,14H,3-8H2,1-2H3. The first-order chi connectivity index (χ1) is 10.2. The third-order valence-electron chi connectivity index (χ3n) is 4.35. The highest BCUT2D eigenvalue weighted by molar-refractivity contribution is 5.85. The highest BCUT2D eigenvalue weighted by Crippen LogP contribution is 2.30. The molecule has 1 aliphatic rings. The Bertz CT molecular complexity index is 633. The summed E-state index contributed by atoms with van der Waals surface area (Å²) in [6, 6.07) is 0.428. The Morgan fingerprint density at radius 3 is 2.43 bits per heavy atom. The molecule has 0 saturated heterocycles. The van der Waals surface area contributed by atoms with E-state index in [1.54, 1.807) is 4.68 Å². The number of hydrogen-bond donors (Lipinski definition) is 0. The molecule has 5 heteroatoms. The second-order valence-corrected chi connectivity index (χ2v) is 5.98. The number of rotatable bonds is 3. The molecule has 2 aromatic heterocycles. The van der Waals surface area contributed by atoms with Crippen molar-refractivity contribution in [3.8, 4) is 11.3 Å². The van der Waals surface area contributed by atoms with Gasteiger partial charge in [0.2, 0.25) is 0 Å². The Balaban J connectivity index is 1.98. The van der Waals surface area contributed by atoms with E-state index in [4.69, 9.17) is 5.10 Å². The summed E-state index contributed by atoms with van der Waals surface area (Å²) in [6.07, 6.45) is 12.2. The fourth-order valence-corrected chi connectivity index (χ4v) is 3.24. The van der Waals surface area contributed by atoms with Crippen molar-refractivity contribution in [2.45, 2.75) is 51.5 Å². The lowest BCUT2D eigenvalue weighted by molar-refractivity contribution is 0.112. The molecule has 2 aromatic rings. The van der Waals surface area contributed by atoms with Crippen molar-refractivity contribution in [2.24, 2.45) is 7.05 Å². The molecule has 21 heavy (non-hydrogen) atoms. The summed E-state index contributed by atoms with van der Waals surface area (Å²) < 4.78 is 3.78. The second kappa shape index (κ2) is 5.84. The first kappa shape index (κ1) is 14.0. The predicted octanol–water partition coefficient (Wildman–Crippen LogP) is 3.30. The SMILES string of the molecule is Cc1nn(C)cc1-c1nn(C2CCCCCC2)cc1C=O. The van der Waals surface area contributed by atoms with Crippen molar-refractivity contribution < 1.29 is 4.79 Å². The van der Waals surface area contributed by atoms with E-state index in [2.05, 4.69) is 5.10 Å². The third-order valence-corrected chi connectivity index (χ3v) is 4.35. The van der Waals surface area contributed by atoms with Crippen LogP contribution in [-0.2, 0) is 7.05 Å². The Hall–Kier alpha value is -1.91. The van der Waals surface area contributed by atoms with E-state index in [1.807, 2.05) is 31.0 Å². The van der Waals surface area contributed by atoms with E-state index in [-0.39, 0.29) is 0 Å². The summed E-state index contributed by atoms with van der Waals surface area (Å²) in [5, 5.41) is 9.07. The van der Waals surface area contributed by atoms with Gasteiger partial charge in [0.05, 0.1) is 17.3 Å². The van der Waals surface area contributed by atoms with Gasteiger partial charge >= 0.3 is 0 Å². The third kappa shape index (κ3) is 2.77. The van der Waals surface area contributed by atoms with Gasteiger partial charge in [-0.25, -0.2) is 0 Å². The maximum atomic E-state index is 11.4. The van der Waals surface area contributed by atoms with Crippen molar-refractivity contribution in [1.29, 1.82) is 0 Å². The van der Waals surface area contributed by atoms with Crippen molar-refractivity contribution in [2.75, 3.05) is 0 Å². The molecule has 0 atom stereocenters. The molecule has 0 spiro atoms. The molecule has 1 fully saturated rings. The molecular formula is C16H22N4O. The van der Waals surface area contributed by atoms with Gasteiger partial charge in [-0.2, -0.15) is 10.2 Å². The second-order valence-electron chi connectivity index (χ2n) is 5.98. The Kier molecular flexibility index (Phi) is 3.90. The predicted molar refractivity (Wildman–Crippen MR) is 81.3 cm³/mol. The van der Waals surface area contributed by atoms with E-state index in [0.717, 1.165) is 36.1 Å². The van der Waals surface area contributed by atoms with E-state index in [1.165, 1.54) is 25.7 Å². The van der Waals surface area contributed by atoms with Crippen LogP contribution in [0.15, 0.2) is 12.4 Å². The van der Waals surface area contributed by atoms with Gasteiger partial charge in [-0.05, 0) is 19.8 Å². The van der Waals surface area contributed by atoms with Crippen LogP contribution in [0.5, 0.6) is 0 Å². The highest BCUT2D eigenvalue weighted by atomic mass is 16.1. The van der Waals surface area contributed by atoms with Crippen LogP contribution in [0.4, 0.5) is 0 Å². The number of aldehydes is 1. The zero-order valence-corrected chi connectivity index (χ0v) is 12.7. The van der Waals surface area contributed by atoms with Gasteiger partial charge in [-0.15, -0.1) is 0 Å². The van der Waals surface area contributed by atoms with Gasteiger partial charge in [-0.3, -0.25) is 14.2 Å². The van der Waals surface area contributed by atoms with Gasteiger partial charge in [0.15, 0.2) is 6.29 Å². The topological polar surface area (TPSA) is 52.7 Å². The summed E-state index contributed by atoms with van der Waals surface area (Å²) in [5.41, 5.74) is 3.29. The molecular weight excluding hydrogens is 264 g/mol.